The molecule has 0 saturated carbocycles. The molecule has 0 saturated heterocycles. The fraction of sp³-hybridized carbons (Fsp3) is 0.667. The Morgan fingerprint density at radius 1 is 1.62 bits per heavy atom. The average molecular weight is 124 g/mol. The van der Waals surface area contributed by atoms with Crippen LogP contribution in [0.1, 0.15) is 6.92 Å². The van der Waals surface area contributed by atoms with Gasteiger partial charge in [0.2, 0.25) is 0 Å². The SMILES string of the molecule is CC(F)(F)NC([O])=O. The normalized spacial score (nSPS) is 10.9. The van der Waals surface area contributed by atoms with Crippen molar-refractivity contribution in [3.8, 4) is 0 Å². The molecular weight excluding hydrogens is 120 g/mol. The Balaban J connectivity index is 3.55. The zero-order chi connectivity index (χ0) is 6.78. The number of rotatable bonds is 1. The number of alkyl halides is 2. The van der Waals surface area contributed by atoms with E-state index < -0.39 is 12.1 Å². The maximum absolute atomic E-state index is 11.4. The predicted octanol–water partition coefficient (Wildman–Crippen LogP) is 0.739. The van der Waals surface area contributed by atoms with Crippen LogP contribution in [0.2, 0.25) is 0 Å². The van der Waals surface area contributed by atoms with E-state index in [9.17, 15) is 18.7 Å². The van der Waals surface area contributed by atoms with Gasteiger partial charge < -0.3 is 0 Å². The second kappa shape index (κ2) is 1.94. The fourth-order valence-corrected chi connectivity index (χ4v) is 0.179. The maximum Gasteiger partial charge on any atom is 0.455 e. The predicted molar refractivity (Wildman–Crippen MR) is 19.8 cm³/mol. The molecule has 47 valence electrons. The summed E-state index contributed by atoms with van der Waals surface area (Å²) in [5.74, 6) is 0. The van der Waals surface area contributed by atoms with E-state index in [0.717, 1.165) is 5.32 Å². The van der Waals surface area contributed by atoms with Gasteiger partial charge in [0.15, 0.2) is 0 Å². The Kier molecular flexibility index (Phi) is 1.72. The van der Waals surface area contributed by atoms with Crippen molar-refractivity contribution in [2.45, 2.75) is 13.0 Å². The quantitative estimate of drug-likeness (QED) is 0.515. The van der Waals surface area contributed by atoms with Crippen LogP contribution in [0.4, 0.5) is 13.6 Å². The molecule has 0 unspecified atom stereocenters. The molecule has 1 amide bonds. The minimum Gasteiger partial charge on any atom is -0.259 e. The number of amides is 1. The molecule has 3 nitrogen and oxygen atoms in total. The molecular formula is C3H4F2NO2. The smallest absolute Gasteiger partial charge is 0.259 e. The lowest BCUT2D eigenvalue weighted by molar-refractivity contribution is -0.0124. The summed E-state index contributed by atoms with van der Waals surface area (Å²) >= 11 is 0. The summed E-state index contributed by atoms with van der Waals surface area (Å²) in [5, 5.41) is 10.2. The minimum atomic E-state index is -3.39. The van der Waals surface area contributed by atoms with Gasteiger partial charge in [0, 0.05) is 6.92 Å². The summed E-state index contributed by atoms with van der Waals surface area (Å²) < 4.78 is 22.9. The molecule has 0 aromatic heterocycles. The van der Waals surface area contributed by atoms with Gasteiger partial charge in [-0.05, 0) is 0 Å². The van der Waals surface area contributed by atoms with E-state index in [4.69, 9.17) is 0 Å². The first kappa shape index (κ1) is 7.13. The van der Waals surface area contributed by atoms with Crippen molar-refractivity contribution in [2.75, 3.05) is 0 Å². The Hall–Kier alpha value is -0.870. The monoisotopic (exact) mass is 124 g/mol. The number of hydrogen-bond acceptors (Lipinski definition) is 1. The largest absolute Gasteiger partial charge is 0.455 e. The third-order valence-corrected chi connectivity index (χ3v) is 0.322. The van der Waals surface area contributed by atoms with Crippen LogP contribution < -0.4 is 5.32 Å². The van der Waals surface area contributed by atoms with Gasteiger partial charge in [-0.2, -0.15) is 8.78 Å². The van der Waals surface area contributed by atoms with Gasteiger partial charge in [-0.25, -0.2) is 9.90 Å². The summed E-state index contributed by atoms with van der Waals surface area (Å²) in [4.78, 5) is 9.31. The molecule has 5 heteroatoms. The van der Waals surface area contributed by atoms with Gasteiger partial charge >= 0.3 is 12.1 Å². The standard InChI is InChI=1S/C3H4F2NO2/c1-3(4,5)6-2(7)8/h6H,1H3. The highest BCUT2D eigenvalue weighted by molar-refractivity contribution is 5.64. The van der Waals surface area contributed by atoms with Crippen LogP contribution in [0.3, 0.4) is 0 Å². The van der Waals surface area contributed by atoms with Crippen molar-refractivity contribution in [2.24, 2.45) is 0 Å². The van der Waals surface area contributed by atoms with Crippen LogP contribution in [0.25, 0.3) is 0 Å². The van der Waals surface area contributed by atoms with Crippen LogP contribution in [0, 0.1) is 0 Å². The molecule has 0 aliphatic carbocycles. The molecule has 0 aliphatic heterocycles. The third-order valence-electron chi connectivity index (χ3n) is 0.322. The Labute approximate surface area is 44.3 Å². The van der Waals surface area contributed by atoms with Crippen LogP contribution in [-0.4, -0.2) is 12.1 Å². The molecule has 0 rings (SSSR count). The van der Waals surface area contributed by atoms with Crippen LogP contribution in [-0.2, 0) is 5.11 Å². The van der Waals surface area contributed by atoms with E-state index in [1.165, 1.54) is 0 Å². The molecule has 8 heavy (non-hydrogen) atoms. The first-order chi connectivity index (χ1) is 3.42. The van der Waals surface area contributed by atoms with E-state index in [0.29, 0.717) is 6.92 Å². The Morgan fingerprint density at radius 3 is 2.00 bits per heavy atom. The summed E-state index contributed by atoms with van der Waals surface area (Å²) in [5.41, 5.74) is 0. The third kappa shape index (κ3) is 5.13. The van der Waals surface area contributed by atoms with Gasteiger partial charge in [-0.1, -0.05) is 0 Å². The molecule has 0 aromatic carbocycles. The summed E-state index contributed by atoms with van der Waals surface area (Å²) in [7, 11) is 0. The zero-order valence-electron chi connectivity index (χ0n) is 4.07. The van der Waals surface area contributed by atoms with E-state index in [1.54, 1.807) is 0 Å². The molecule has 1 N–H and O–H groups in total. The number of carbonyl (C=O) groups excluding carboxylic acids is 1. The highest BCUT2D eigenvalue weighted by atomic mass is 19.3. The first-order valence-electron chi connectivity index (χ1n) is 1.79. The van der Waals surface area contributed by atoms with Crippen molar-refractivity contribution in [1.29, 1.82) is 0 Å². The topological polar surface area (TPSA) is 49.0 Å². The second-order valence-corrected chi connectivity index (χ2v) is 1.30. The van der Waals surface area contributed by atoms with Crippen LogP contribution in [0.5, 0.6) is 0 Å². The van der Waals surface area contributed by atoms with Gasteiger partial charge in [0.1, 0.15) is 0 Å². The van der Waals surface area contributed by atoms with E-state index in [1.807, 2.05) is 0 Å². The number of carbonyl (C=O) groups is 1. The number of nitrogens with one attached hydrogen (secondary N) is 1. The van der Waals surface area contributed by atoms with Crippen LogP contribution in [0.15, 0.2) is 0 Å². The minimum absolute atomic E-state index is 0.419. The molecule has 0 aromatic rings. The molecule has 0 bridgehead atoms. The lowest BCUT2D eigenvalue weighted by atomic mass is 10.6. The van der Waals surface area contributed by atoms with Crippen molar-refractivity contribution in [3.63, 3.8) is 0 Å². The first-order valence-corrected chi connectivity index (χ1v) is 1.79. The van der Waals surface area contributed by atoms with Gasteiger partial charge in [0.05, 0.1) is 0 Å². The summed E-state index contributed by atoms with van der Waals surface area (Å²) in [6.07, 6.45) is -1.97. The Bertz CT molecular complexity index is 97.9. The van der Waals surface area contributed by atoms with Crippen molar-refractivity contribution in [3.05, 3.63) is 0 Å². The fourth-order valence-electron chi connectivity index (χ4n) is 0.179. The molecule has 1 radical (unpaired) electrons. The highest BCUT2D eigenvalue weighted by Crippen LogP contribution is 2.04. The zero-order valence-corrected chi connectivity index (χ0v) is 4.07. The number of halogens is 2. The average Bonchev–Trinajstić information content (AvgIpc) is 1.21. The molecule has 0 heterocycles. The summed E-state index contributed by atoms with van der Waals surface area (Å²) in [6.45, 7) is 0.419. The highest BCUT2D eigenvalue weighted by Gasteiger charge is 2.23. The summed E-state index contributed by atoms with van der Waals surface area (Å²) in [6, 6.07) is -3.39. The maximum atomic E-state index is 11.4. The van der Waals surface area contributed by atoms with E-state index >= 15 is 0 Å². The molecule has 0 spiro atoms. The molecule has 0 fully saturated rings. The van der Waals surface area contributed by atoms with Crippen LogP contribution >= 0.6 is 0 Å². The van der Waals surface area contributed by atoms with Crippen molar-refractivity contribution < 1.29 is 18.7 Å². The molecule has 0 aliphatic rings. The van der Waals surface area contributed by atoms with E-state index in [2.05, 4.69) is 0 Å². The van der Waals surface area contributed by atoms with Gasteiger partial charge in [-0.15, -0.1) is 0 Å². The number of hydrogen-bond donors (Lipinski definition) is 1. The van der Waals surface area contributed by atoms with E-state index in [-0.39, 0.29) is 0 Å². The lowest BCUT2D eigenvalue weighted by Crippen LogP contribution is -2.36. The Morgan fingerprint density at radius 2 is 2.00 bits per heavy atom. The molecule has 0 atom stereocenters. The van der Waals surface area contributed by atoms with Crippen molar-refractivity contribution in [1.82, 2.24) is 5.32 Å². The van der Waals surface area contributed by atoms with Crippen molar-refractivity contribution >= 4 is 6.09 Å². The second-order valence-electron chi connectivity index (χ2n) is 1.30. The lowest BCUT2D eigenvalue weighted by Gasteiger charge is -2.05. The van der Waals surface area contributed by atoms with Gasteiger partial charge in [-0.3, -0.25) is 5.32 Å². The van der Waals surface area contributed by atoms with Gasteiger partial charge in [0.25, 0.3) is 0 Å².